The molecule has 6 nitrogen and oxygen atoms in total. The zero-order valence-corrected chi connectivity index (χ0v) is 14.8. The summed E-state index contributed by atoms with van der Waals surface area (Å²) in [6.07, 6.45) is 5.65. The first-order valence-electron chi connectivity index (χ1n) is 9.29. The van der Waals surface area contributed by atoms with E-state index in [1.54, 1.807) is 13.3 Å². The van der Waals surface area contributed by atoms with Crippen molar-refractivity contribution in [3.05, 3.63) is 47.2 Å². The summed E-state index contributed by atoms with van der Waals surface area (Å²) in [5, 5.41) is 0. The number of methoxy groups -OCH3 is 1. The minimum atomic E-state index is -0.118. The number of aryl methyl sites for hydroxylation is 1. The number of carbonyl (C=O) groups excluding carboxylic acids is 1. The van der Waals surface area contributed by atoms with E-state index in [-0.39, 0.29) is 23.9 Å². The van der Waals surface area contributed by atoms with Crippen LogP contribution >= 0.6 is 0 Å². The van der Waals surface area contributed by atoms with Gasteiger partial charge in [0.1, 0.15) is 17.6 Å². The molecule has 1 aromatic heterocycles. The van der Waals surface area contributed by atoms with Gasteiger partial charge in [-0.1, -0.05) is 6.07 Å². The van der Waals surface area contributed by atoms with Gasteiger partial charge >= 0.3 is 5.91 Å². The number of fused-ring (bicyclic) bond motifs is 3. The van der Waals surface area contributed by atoms with E-state index in [2.05, 4.69) is 17.1 Å². The molecule has 0 radical (unpaired) electrons. The van der Waals surface area contributed by atoms with E-state index in [1.807, 2.05) is 11.0 Å². The van der Waals surface area contributed by atoms with Crippen LogP contribution in [0.1, 0.15) is 58.9 Å². The highest BCUT2D eigenvalue weighted by molar-refractivity contribution is 5.90. The van der Waals surface area contributed by atoms with E-state index in [0.29, 0.717) is 19.1 Å². The molecule has 1 aromatic carbocycles. The number of nitrogens with zero attached hydrogens (tertiary/aromatic N) is 2. The molecule has 0 spiro atoms. The zero-order chi connectivity index (χ0) is 17.7. The first-order chi connectivity index (χ1) is 12.7. The van der Waals surface area contributed by atoms with Gasteiger partial charge < -0.3 is 18.8 Å². The van der Waals surface area contributed by atoms with Crippen LogP contribution < -0.4 is 4.74 Å². The molecule has 3 aliphatic rings. The molecule has 2 aromatic rings. The maximum Gasteiger partial charge on any atom is 0.310 e. The highest BCUT2D eigenvalue weighted by Crippen LogP contribution is 2.41. The first kappa shape index (κ1) is 15.9. The van der Waals surface area contributed by atoms with Gasteiger partial charge in [0, 0.05) is 12.5 Å². The third-order valence-corrected chi connectivity index (χ3v) is 5.69. The van der Waals surface area contributed by atoms with Crippen LogP contribution in [0.15, 0.2) is 28.8 Å². The number of hydrogen-bond acceptors (Lipinski definition) is 5. The lowest BCUT2D eigenvalue weighted by Crippen LogP contribution is -2.51. The maximum atomic E-state index is 13.0. The van der Waals surface area contributed by atoms with Crippen LogP contribution in [0.4, 0.5) is 0 Å². The fraction of sp³-hybridized carbons (Fsp3) is 0.500. The van der Waals surface area contributed by atoms with Crippen molar-refractivity contribution in [2.24, 2.45) is 0 Å². The lowest BCUT2D eigenvalue weighted by Gasteiger charge is -2.44. The Hall–Kier alpha value is -2.34. The molecule has 5 rings (SSSR count). The second-order valence-electron chi connectivity index (χ2n) is 7.30. The number of aromatic nitrogens is 1. The molecular weight excluding hydrogens is 332 g/mol. The summed E-state index contributed by atoms with van der Waals surface area (Å²) < 4.78 is 17.1. The maximum absolute atomic E-state index is 13.0. The summed E-state index contributed by atoms with van der Waals surface area (Å²) in [7, 11) is 1.68. The van der Waals surface area contributed by atoms with Crippen molar-refractivity contribution >= 4 is 5.91 Å². The molecule has 1 saturated carbocycles. The van der Waals surface area contributed by atoms with Crippen molar-refractivity contribution in [3.8, 4) is 5.75 Å². The highest BCUT2D eigenvalue weighted by atomic mass is 16.5. The third kappa shape index (κ3) is 2.60. The fourth-order valence-electron chi connectivity index (χ4n) is 4.15. The van der Waals surface area contributed by atoms with E-state index in [4.69, 9.17) is 13.9 Å². The Bertz CT molecular complexity index is 842. The fourth-order valence-corrected chi connectivity index (χ4v) is 4.15. The highest BCUT2D eigenvalue weighted by Gasteiger charge is 2.41. The molecule has 2 fully saturated rings. The van der Waals surface area contributed by atoms with Gasteiger partial charge in [0.15, 0.2) is 0 Å². The summed E-state index contributed by atoms with van der Waals surface area (Å²) in [5.41, 5.74) is 2.40. The summed E-state index contributed by atoms with van der Waals surface area (Å²) >= 11 is 0. The van der Waals surface area contributed by atoms with Gasteiger partial charge in [-0.25, -0.2) is 4.98 Å². The van der Waals surface area contributed by atoms with Crippen LogP contribution in [0.5, 0.6) is 5.75 Å². The third-order valence-electron chi connectivity index (χ3n) is 5.69. The zero-order valence-electron chi connectivity index (χ0n) is 14.8. The standard InChI is InChI=1S/C20H22N2O4/c1-24-14-5-6-15-13(10-14)4-7-16-18(15)25-9-8-22(16)20(23)19-21-11-17(26-19)12-2-3-12/h5-6,10-12,16,18H,2-4,7-9H2,1H3. The molecule has 1 amide bonds. The largest absolute Gasteiger partial charge is 0.497 e. The minimum absolute atomic E-state index is 0.0217. The molecule has 2 atom stereocenters. The summed E-state index contributed by atoms with van der Waals surface area (Å²) in [5.74, 6) is 2.26. The Balaban J connectivity index is 1.41. The first-order valence-corrected chi connectivity index (χ1v) is 9.29. The summed E-state index contributed by atoms with van der Waals surface area (Å²) in [6, 6.07) is 6.12. The van der Waals surface area contributed by atoms with Crippen LogP contribution in [0.2, 0.25) is 0 Å². The summed E-state index contributed by atoms with van der Waals surface area (Å²) in [4.78, 5) is 19.2. The normalized spacial score (nSPS) is 24.7. The molecule has 26 heavy (non-hydrogen) atoms. The van der Waals surface area contributed by atoms with Crippen LogP contribution in [0.3, 0.4) is 0 Å². The Labute approximate surface area is 152 Å². The number of rotatable bonds is 3. The van der Waals surface area contributed by atoms with Crippen LogP contribution in [0, 0.1) is 0 Å². The number of amides is 1. The number of morpholine rings is 1. The number of benzene rings is 1. The molecule has 2 aliphatic carbocycles. The molecule has 1 saturated heterocycles. The van der Waals surface area contributed by atoms with Crippen molar-refractivity contribution in [2.75, 3.05) is 20.3 Å². The monoisotopic (exact) mass is 354 g/mol. The quantitative estimate of drug-likeness (QED) is 0.847. The second kappa shape index (κ2) is 6.13. The van der Waals surface area contributed by atoms with Gasteiger partial charge in [0.25, 0.3) is 5.89 Å². The predicted octanol–water partition coefficient (Wildman–Crippen LogP) is 3.09. The Morgan fingerprint density at radius 2 is 2.19 bits per heavy atom. The molecule has 0 N–H and O–H groups in total. The smallest absolute Gasteiger partial charge is 0.310 e. The summed E-state index contributed by atoms with van der Waals surface area (Å²) in [6.45, 7) is 1.10. The van der Waals surface area contributed by atoms with Gasteiger partial charge in [-0.2, -0.15) is 0 Å². The number of carbonyl (C=O) groups is 1. The molecule has 136 valence electrons. The minimum Gasteiger partial charge on any atom is -0.497 e. The van der Waals surface area contributed by atoms with Crippen molar-refractivity contribution in [2.45, 2.75) is 43.7 Å². The predicted molar refractivity (Wildman–Crippen MR) is 93.3 cm³/mol. The van der Waals surface area contributed by atoms with Crippen LogP contribution in [-0.4, -0.2) is 42.1 Å². The molecule has 6 heteroatoms. The van der Waals surface area contributed by atoms with E-state index in [1.165, 1.54) is 5.56 Å². The average molecular weight is 354 g/mol. The second-order valence-corrected chi connectivity index (χ2v) is 7.30. The Morgan fingerprint density at radius 1 is 1.31 bits per heavy atom. The van der Waals surface area contributed by atoms with E-state index in [9.17, 15) is 4.79 Å². The average Bonchev–Trinajstić information content (AvgIpc) is 3.43. The topological polar surface area (TPSA) is 64.8 Å². The van der Waals surface area contributed by atoms with Crippen LogP contribution in [-0.2, 0) is 11.2 Å². The lowest BCUT2D eigenvalue weighted by molar-refractivity contribution is -0.0685. The van der Waals surface area contributed by atoms with Gasteiger partial charge in [-0.05, 0) is 48.9 Å². The Kier molecular flexibility index (Phi) is 3.74. The molecule has 0 bridgehead atoms. The SMILES string of the molecule is COc1ccc2c(c1)CCC1C2OCCN1C(=O)c1ncc(C2CC2)o1. The van der Waals surface area contributed by atoms with Gasteiger partial charge in [0.05, 0.1) is 26.0 Å². The van der Waals surface area contributed by atoms with Crippen molar-refractivity contribution in [1.29, 1.82) is 0 Å². The van der Waals surface area contributed by atoms with E-state index < -0.39 is 0 Å². The van der Waals surface area contributed by atoms with Gasteiger partial charge in [-0.3, -0.25) is 4.79 Å². The lowest BCUT2D eigenvalue weighted by atomic mass is 9.84. The number of ether oxygens (including phenoxy) is 2. The van der Waals surface area contributed by atoms with E-state index in [0.717, 1.165) is 42.8 Å². The van der Waals surface area contributed by atoms with Crippen molar-refractivity contribution in [1.82, 2.24) is 9.88 Å². The van der Waals surface area contributed by atoms with Gasteiger partial charge in [-0.15, -0.1) is 0 Å². The number of hydrogen-bond donors (Lipinski definition) is 0. The van der Waals surface area contributed by atoms with Gasteiger partial charge in [0.2, 0.25) is 0 Å². The Morgan fingerprint density at radius 3 is 3.00 bits per heavy atom. The van der Waals surface area contributed by atoms with E-state index >= 15 is 0 Å². The molecule has 1 aliphatic heterocycles. The van der Waals surface area contributed by atoms with Crippen LogP contribution in [0.25, 0.3) is 0 Å². The number of oxazole rings is 1. The molecule has 2 unspecified atom stereocenters. The van der Waals surface area contributed by atoms with Crippen molar-refractivity contribution < 1.29 is 18.7 Å². The molecule has 2 heterocycles. The van der Waals surface area contributed by atoms with Crippen molar-refractivity contribution in [3.63, 3.8) is 0 Å². The molecular formula is C20H22N2O4.